The molecule has 0 spiro atoms. The number of amides is 1. The van der Waals surface area contributed by atoms with E-state index in [2.05, 4.69) is 21.8 Å². The molecule has 0 saturated carbocycles. The van der Waals surface area contributed by atoms with Gasteiger partial charge in [-0.25, -0.2) is 9.78 Å². The molecule has 1 amide bonds. The minimum absolute atomic E-state index is 0.257. The molecule has 0 bridgehead atoms. The monoisotopic (exact) mass is 310 g/mol. The maximum atomic E-state index is 12.0. The van der Waals surface area contributed by atoms with E-state index in [0.29, 0.717) is 13.1 Å². The van der Waals surface area contributed by atoms with Crippen molar-refractivity contribution in [1.29, 1.82) is 0 Å². The van der Waals surface area contributed by atoms with Gasteiger partial charge in [0, 0.05) is 38.9 Å². The molecule has 0 atom stereocenters. The molecule has 6 nitrogen and oxygen atoms in total. The normalized spacial score (nSPS) is 11.5. The van der Waals surface area contributed by atoms with E-state index in [4.69, 9.17) is 4.74 Å². The number of aryl methyl sites for hydroxylation is 1. The van der Waals surface area contributed by atoms with Crippen molar-refractivity contribution in [3.8, 4) is 0 Å². The van der Waals surface area contributed by atoms with E-state index in [0.717, 1.165) is 26.1 Å². The maximum Gasteiger partial charge on any atom is 0.410 e. The van der Waals surface area contributed by atoms with E-state index in [1.807, 2.05) is 40.2 Å². The van der Waals surface area contributed by atoms with Gasteiger partial charge in [0.15, 0.2) is 0 Å². The van der Waals surface area contributed by atoms with Crippen molar-refractivity contribution in [2.75, 3.05) is 19.6 Å². The lowest BCUT2D eigenvalue weighted by Crippen LogP contribution is -2.40. The van der Waals surface area contributed by atoms with Crippen LogP contribution in [0, 0.1) is 0 Å². The molecule has 0 radical (unpaired) electrons. The van der Waals surface area contributed by atoms with Crippen molar-refractivity contribution in [3.63, 3.8) is 0 Å². The Hall–Kier alpha value is -1.56. The van der Waals surface area contributed by atoms with Crippen LogP contribution in [-0.4, -0.2) is 45.8 Å². The largest absolute Gasteiger partial charge is 0.444 e. The van der Waals surface area contributed by atoms with Crippen LogP contribution in [0.4, 0.5) is 4.79 Å². The fraction of sp³-hybridized carbons (Fsp3) is 0.750. The number of likely N-dealkylation sites (N-methyl/N-ethyl adjacent to an activating group) is 1. The van der Waals surface area contributed by atoms with Crippen LogP contribution < -0.4 is 5.32 Å². The Kier molecular flexibility index (Phi) is 7.38. The number of hydrogen-bond acceptors (Lipinski definition) is 4. The van der Waals surface area contributed by atoms with E-state index in [9.17, 15) is 4.79 Å². The smallest absolute Gasteiger partial charge is 0.410 e. The molecule has 1 N–H and O–H groups in total. The number of rotatable bonds is 8. The number of nitrogens with one attached hydrogen (secondary N) is 1. The van der Waals surface area contributed by atoms with Crippen molar-refractivity contribution in [3.05, 3.63) is 18.2 Å². The maximum absolute atomic E-state index is 12.0. The zero-order valence-electron chi connectivity index (χ0n) is 14.6. The molecular weight excluding hydrogens is 280 g/mol. The van der Waals surface area contributed by atoms with Gasteiger partial charge in [-0.2, -0.15) is 0 Å². The second kappa shape index (κ2) is 8.78. The molecule has 6 heteroatoms. The zero-order valence-corrected chi connectivity index (χ0v) is 14.6. The minimum atomic E-state index is -0.454. The van der Waals surface area contributed by atoms with Crippen LogP contribution >= 0.6 is 0 Å². The van der Waals surface area contributed by atoms with Gasteiger partial charge in [0.2, 0.25) is 0 Å². The van der Waals surface area contributed by atoms with Crippen LogP contribution in [0.1, 0.15) is 46.7 Å². The summed E-state index contributed by atoms with van der Waals surface area (Å²) in [4.78, 5) is 17.9. The van der Waals surface area contributed by atoms with Crippen LogP contribution in [0.15, 0.2) is 12.5 Å². The first-order chi connectivity index (χ1) is 10.4. The Balaban J connectivity index is 2.35. The molecule has 1 rings (SSSR count). The summed E-state index contributed by atoms with van der Waals surface area (Å²) < 4.78 is 7.54. The van der Waals surface area contributed by atoms with E-state index in [-0.39, 0.29) is 6.09 Å². The fourth-order valence-corrected chi connectivity index (χ4v) is 2.07. The standard InChI is InChI=1S/C16H30N4O2/c1-6-9-20-13-18-12-14(20)11-17-8-10-19(7-2)15(21)22-16(3,4)5/h12-13,17H,6-11H2,1-5H3. The third kappa shape index (κ3) is 6.47. The topological polar surface area (TPSA) is 59.4 Å². The van der Waals surface area contributed by atoms with Gasteiger partial charge in [-0.05, 0) is 34.1 Å². The quantitative estimate of drug-likeness (QED) is 0.750. The number of ether oxygens (including phenoxy) is 1. The van der Waals surface area contributed by atoms with Gasteiger partial charge in [-0.3, -0.25) is 0 Å². The van der Waals surface area contributed by atoms with Gasteiger partial charge in [-0.15, -0.1) is 0 Å². The Labute approximate surface area is 133 Å². The molecule has 1 heterocycles. The molecule has 1 aromatic heterocycles. The molecule has 0 unspecified atom stereocenters. The SMILES string of the molecule is CCCn1cncc1CNCCN(CC)C(=O)OC(C)(C)C. The number of nitrogens with zero attached hydrogens (tertiary/aromatic N) is 3. The second-order valence-corrected chi connectivity index (χ2v) is 6.32. The Morgan fingerprint density at radius 1 is 1.41 bits per heavy atom. The van der Waals surface area contributed by atoms with Crippen LogP contribution in [0.3, 0.4) is 0 Å². The number of hydrogen-bond donors (Lipinski definition) is 1. The highest BCUT2D eigenvalue weighted by Gasteiger charge is 2.20. The lowest BCUT2D eigenvalue weighted by Gasteiger charge is -2.26. The predicted octanol–water partition coefficient (Wildman–Crippen LogP) is 2.64. The first kappa shape index (κ1) is 18.5. The summed E-state index contributed by atoms with van der Waals surface area (Å²) in [5.41, 5.74) is 0.715. The molecule has 0 aliphatic rings. The Bertz CT molecular complexity index is 451. The van der Waals surface area contributed by atoms with Crippen molar-refractivity contribution < 1.29 is 9.53 Å². The highest BCUT2D eigenvalue weighted by molar-refractivity contribution is 5.68. The lowest BCUT2D eigenvalue weighted by molar-refractivity contribution is 0.0262. The number of carbonyl (C=O) groups is 1. The number of carbonyl (C=O) groups excluding carboxylic acids is 1. The molecule has 126 valence electrons. The summed E-state index contributed by atoms with van der Waals surface area (Å²) in [6, 6.07) is 0. The average Bonchev–Trinajstić information content (AvgIpc) is 2.84. The van der Waals surface area contributed by atoms with Crippen molar-refractivity contribution in [1.82, 2.24) is 19.8 Å². The van der Waals surface area contributed by atoms with E-state index >= 15 is 0 Å². The fourth-order valence-electron chi connectivity index (χ4n) is 2.07. The number of imidazole rings is 1. The van der Waals surface area contributed by atoms with Crippen LogP contribution in [0.25, 0.3) is 0 Å². The summed E-state index contributed by atoms with van der Waals surface area (Å²) in [6.07, 6.45) is 4.58. The van der Waals surface area contributed by atoms with Crippen LogP contribution in [0.2, 0.25) is 0 Å². The molecule has 0 aromatic carbocycles. The van der Waals surface area contributed by atoms with E-state index in [1.54, 1.807) is 4.90 Å². The van der Waals surface area contributed by atoms with Crippen molar-refractivity contribution in [2.24, 2.45) is 0 Å². The molecule has 22 heavy (non-hydrogen) atoms. The van der Waals surface area contributed by atoms with Gasteiger partial charge < -0.3 is 19.5 Å². The third-order valence-electron chi connectivity index (χ3n) is 3.16. The minimum Gasteiger partial charge on any atom is -0.444 e. The number of aromatic nitrogens is 2. The molecular formula is C16H30N4O2. The first-order valence-corrected chi connectivity index (χ1v) is 8.05. The molecule has 0 aliphatic heterocycles. The lowest BCUT2D eigenvalue weighted by atomic mass is 10.2. The molecule has 0 aliphatic carbocycles. The van der Waals surface area contributed by atoms with E-state index in [1.165, 1.54) is 5.69 Å². The van der Waals surface area contributed by atoms with Crippen molar-refractivity contribution in [2.45, 2.75) is 59.7 Å². The predicted molar refractivity (Wildman–Crippen MR) is 87.7 cm³/mol. The van der Waals surface area contributed by atoms with Gasteiger partial charge in [0.1, 0.15) is 5.60 Å². The third-order valence-corrected chi connectivity index (χ3v) is 3.16. The highest BCUT2D eigenvalue weighted by atomic mass is 16.6. The first-order valence-electron chi connectivity index (χ1n) is 8.05. The van der Waals surface area contributed by atoms with Gasteiger partial charge in [0.05, 0.1) is 12.0 Å². The van der Waals surface area contributed by atoms with Gasteiger partial charge >= 0.3 is 6.09 Å². The zero-order chi connectivity index (χ0) is 16.6. The summed E-state index contributed by atoms with van der Waals surface area (Å²) >= 11 is 0. The van der Waals surface area contributed by atoms with Crippen molar-refractivity contribution >= 4 is 6.09 Å². The summed E-state index contributed by atoms with van der Waals surface area (Å²) in [5, 5.41) is 3.36. The summed E-state index contributed by atoms with van der Waals surface area (Å²) in [6.45, 7) is 13.5. The highest BCUT2D eigenvalue weighted by Crippen LogP contribution is 2.09. The van der Waals surface area contributed by atoms with Gasteiger partial charge in [0.25, 0.3) is 0 Å². The average molecular weight is 310 g/mol. The van der Waals surface area contributed by atoms with E-state index < -0.39 is 5.60 Å². The Morgan fingerprint density at radius 3 is 2.73 bits per heavy atom. The Morgan fingerprint density at radius 2 is 2.14 bits per heavy atom. The summed E-state index contributed by atoms with van der Waals surface area (Å²) in [7, 11) is 0. The van der Waals surface area contributed by atoms with Crippen LogP contribution in [0.5, 0.6) is 0 Å². The van der Waals surface area contributed by atoms with Gasteiger partial charge in [-0.1, -0.05) is 6.92 Å². The molecule has 0 fully saturated rings. The molecule has 1 aromatic rings. The summed E-state index contributed by atoms with van der Waals surface area (Å²) in [5.74, 6) is 0. The second-order valence-electron chi connectivity index (χ2n) is 6.32. The van der Waals surface area contributed by atoms with Crippen LogP contribution in [-0.2, 0) is 17.8 Å². The molecule has 0 saturated heterocycles.